The van der Waals surface area contributed by atoms with E-state index in [0.717, 1.165) is 23.4 Å². The lowest BCUT2D eigenvalue weighted by atomic mass is 10.0. The van der Waals surface area contributed by atoms with Gasteiger partial charge in [0, 0.05) is 24.7 Å². The van der Waals surface area contributed by atoms with E-state index in [9.17, 15) is 4.79 Å². The topological polar surface area (TPSA) is 63.1 Å². The van der Waals surface area contributed by atoms with Crippen molar-refractivity contribution in [2.24, 2.45) is 0 Å². The molecule has 1 atom stereocenters. The van der Waals surface area contributed by atoms with Crippen LogP contribution in [-0.2, 0) is 0 Å². The summed E-state index contributed by atoms with van der Waals surface area (Å²) in [7, 11) is 0. The second-order valence-corrected chi connectivity index (χ2v) is 7.10. The number of carbonyl (C=O) groups is 1. The SMILES string of the molecule is Cc1cccc(-n2cc(C(=O)N3CCNCC3c3cccc(Cl)c3)nn2)c1. The monoisotopic (exact) mass is 381 g/mol. The van der Waals surface area contributed by atoms with E-state index < -0.39 is 0 Å². The van der Waals surface area contributed by atoms with E-state index in [2.05, 4.69) is 15.6 Å². The lowest BCUT2D eigenvalue weighted by Crippen LogP contribution is -2.48. The molecule has 0 saturated carbocycles. The van der Waals surface area contributed by atoms with Crippen LogP contribution in [-0.4, -0.2) is 45.4 Å². The zero-order valence-electron chi connectivity index (χ0n) is 15.0. The van der Waals surface area contributed by atoms with Gasteiger partial charge in [-0.05, 0) is 42.3 Å². The predicted molar refractivity (Wildman–Crippen MR) is 104 cm³/mol. The van der Waals surface area contributed by atoms with Crippen molar-refractivity contribution < 1.29 is 4.79 Å². The number of hydrogen-bond donors (Lipinski definition) is 1. The number of carbonyl (C=O) groups excluding carboxylic acids is 1. The maximum atomic E-state index is 13.1. The molecule has 0 spiro atoms. The van der Waals surface area contributed by atoms with Gasteiger partial charge in [0.2, 0.25) is 0 Å². The van der Waals surface area contributed by atoms with Gasteiger partial charge in [0.15, 0.2) is 5.69 Å². The van der Waals surface area contributed by atoms with Crippen LogP contribution in [0.1, 0.15) is 27.7 Å². The van der Waals surface area contributed by atoms with Gasteiger partial charge in [-0.2, -0.15) is 0 Å². The molecular weight excluding hydrogens is 362 g/mol. The normalized spacial score (nSPS) is 17.1. The third kappa shape index (κ3) is 3.72. The van der Waals surface area contributed by atoms with E-state index in [1.54, 1.807) is 10.9 Å². The Morgan fingerprint density at radius 3 is 2.89 bits per heavy atom. The fourth-order valence-electron chi connectivity index (χ4n) is 3.36. The second kappa shape index (κ2) is 7.50. The molecule has 0 bridgehead atoms. The lowest BCUT2D eigenvalue weighted by Gasteiger charge is -2.36. The van der Waals surface area contributed by atoms with Gasteiger partial charge >= 0.3 is 0 Å². The summed E-state index contributed by atoms with van der Waals surface area (Å²) in [4.78, 5) is 15.0. The third-order valence-corrected chi connectivity index (χ3v) is 4.95. The molecule has 1 aromatic heterocycles. The van der Waals surface area contributed by atoms with Gasteiger partial charge in [0.1, 0.15) is 0 Å². The van der Waals surface area contributed by atoms with Crippen LogP contribution in [0, 0.1) is 6.92 Å². The number of nitrogens with one attached hydrogen (secondary N) is 1. The fourth-order valence-corrected chi connectivity index (χ4v) is 3.56. The van der Waals surface area contributed by atoms with E-state index in [0.29, 0.717) is 23.8 Å². The number of benzene rings is 2. The quantitative estimate of drug-likeness (QED) is 0.757. The number of hydrogen-bond acceptors (Lipinski definition) is 4. The Bertz CT molecular complexity index is 970. The Morgan fingerprint density at radius 2 is 2.07 bits per heavy atom. The van der Waals surface area contributed by atoms with E-state index in [1.165, 1.54) is 0 Å². The van der Waals surface area contributed by atoms with Crippen LogP contribution in [0.4, 0.5) is 0 Å². The van der Waals surface area contributed by atoms with Crippen molar-refractivity contribution in [1.29, 1.82) is 0 Å². The van der Waals surface area contributed by atoms with Crippen molar-refractivity contribution in [2.75, 3.05) is 19.6 Å². The number of amides is 1. The number of aryl methyl sites for hydroxylation is 1. The summed E-state index contributed by atoms with van der Waals surface area (Å²) in [6.45, 7) is 4.04. The molecule has 2 heterocycles. The minimum Gasteiger partial charge on any atom is -0.328 e. The van der Waals surface area contributed by atoms with Gasteiger partial charge in [-0.3, -0.25) is 4.79 Å². The van der Waals surface area contributed by atoms with E-state index in [4.69, 9.17) is 11.6 Å². The molecule has 2 aromatic carbocycles. The van der Waals surface area contributed by atoms with Crippen LogP contribution >= 0.6 is 11.6 Å². The Morgan fingerprint density at radius 1 is 1.22 bits per heavy atom. The average Bonchev–Trinajstić information content (AvgIpc) is 3.18. The van der Waals surface area contributed by atoms with Gasteiger partial charge in [-0.25, -0.2) is 4.68 Å². The van der Waals surface area contributed by atoms with Crippen LogP contribution in [0.3, 0.4) is 0 Å². The van der Waals surface area contributed by atoms with Crippen LogP contribution in [0.5, 0.6) is 0 Å². The molecule has 1 aliphatic heterocycles. The van der Waals surface area contributed by atoms with Gasteiger partial charge in [0.05, 0.1) is 17.9 Å². The minimum absolute atomic E-state index is 0.0888. The van der Waals surface area contributed by atoms with Crippen LogP contribution in [0.15, 0.2) is 54.7 Å². The molecule has 3 aromatic rings. The number of piperazine rings is 1. The number of aromatic nitrogens is 3. The molecule has 27 heavy (non-hydrogen) atoms. The Kier molecular flexibility index (Phi) is 4.92. The Balaban J connectivity index is 1.61. The maximum absolute atomic E-state index is 13.1. The van der Waals surface area contributed by atoms with Crippen LogP contribution in [0.2, 0.25) is 5.02 Å². The fraction of sp³-hybridized carbons (Fsp3) is 0.250. The van der Waals surface area contributed by atoms with Gasteiger partial charge in [-0.15, -0.1) is 5.10 Å². The molecule has 1 unspecified atom stereocenters. The molecular formula is C20H20ClN5O. The Labute approximate surface area is 162 Å². The molecule has 4 rings (SSSR count). The van der Waals surface area contributed by atoms with Gasteiger partial charge < -0.3 is 10.2 Å². The summed E-state index contributed by atoms with van der Waals surface area (Å²) < 4.78 is 1.64. The second-order valence-electron chi connectivity index (χ2n) is 6.66. The van der Waals surface area contributed by atoms with Crippen molar-refractivity contribution in [3.05, 3.63) is 76.6 Å². The highest BCUT2D eigenvalue weighted by Gasteiger charge is 2.30. The average molecular weight is 382 g/mol. The van der Waals surface area contributed by atoms with Crippen molar-refractivity contribution in [3.8, 4) is 5.69 Å². The first-order valence-electron chi connectivity index (χ1n) is 8.88. The third-order valence-electron chi connectivity index (χ3n) is 4.72. The molecule has 1 N–H and O–H groups in total. The van der Waals surface area contributed by atoms with E-state index >= 15 is 0 Å². The lowest BCUT2D eigenvalue weighted by molar-refractivity contribution is 0.0628. The van der Waals surface area contributed by atoms with Crippen molar-refractivity contribution >= 4 is 17.5 Å². The molecule has 138 valence electrons. The van der Waals surface area contributed by atoms with Gasteiger partial charge in [0.25, 0.3) is 5.91 Å². The molecule has 0 radical (unpaired) electrons. The maximum Gasteiger partial charge on any atom is 0.276 e. The summed E-state index contributed by atoms with van der Waals surface area (Å²) in [6.07, 6.45) is 1.69. The molecule has 1 aliphatic rings. The van der Waals surface area contributed by atoms with Gasteiger partial charge in [-0.1, -0.05) is 41.1 Å². The molecule has 1 fully saturated rings. The van der Waals surface area contributed by atoms with Crippen LogP contribution < -0.4 is 5.32 Å². The smallest absolute Gasteiger partial charge is 0.276 e. The van der Waals surface area contributed by atoms with E-state index in [1.807, 2.05) is 60.4 Å². The first kappa shape index (κ1) is 17.7. The predicted octanol–water partition coefficient (Wildman–Crippen LogP) is 3.02. The largest absolute Gasteiger partial charge is 0.328 e. The first-order valence-corrected chi connectivity index (χ1v) is 9.26. The van der Waals surface area contributed by atoms with Crippen molar-refractivity contribution in [2.45, 2.75) is 13.0 Å². The Hall–Kier alpha value is -2.70. The molecule has 0 aliphatic carbocycles. The summed E-state index contributed by atoms with van der Waals surface area (Å²) in [5.41, 5.74) is 3.35. The molecule has 1 saturated heterocycles. The standard InChI is InChI=1S/C20H20ClN5O/c1-14-4-2-7-17(10-14)26-13-18(23-24-26)20(27)25-9-8-22-12-19(25)15-5-3-6-16(21)11-15/h2-7,10-11,13,19,22H,8-9,12H2,1H3. The molecule has 1 amide bonds. The van der Waals surface area contributed by atoms with Crippen molar-refractivity contribution in [1.82, 2.24) is 25.2 Å². The first-order chi connectivity index (χ1) is 13.1. The minimum atomic E-state index is -0.125. The summed E-state index contributed by atoms with van der Waals surface area (Å²) in [5, 5.41) is 12.3. The summed E-state index contributed by atoms with van der Waals surface area (Å²) in [6, 6.07) is 15.5. The highest BCUT2D eigenvalue weighted by molar-refractivity contribution is 6.30. The zero-order valence-corrected chi connectivity index (χ0v) is 15.7. The zero-order chi connectivity index (χ0) is 18.8. The molecule has 6 nitrogen and oxygen atoms in total. The number of rotatable bonds is 3. The summed E-state index contributed by atoms with van der Waals surface area (Å²) >= 11 is 6.14. The number of nitrogens with zero attached hydrogens (tertiary/aromatic N) is 4. The van der Waals surface area contributed by atoms with E-state index in [-0.39, 0.29) is 11.9 Å². The summed E-state index contributed by atoms with van der Waals surface area (Å²) in [5.74, 6) is -0.125. The van der Waals surface area contributed by atoms with Crippen LogP contribution in [0.25, 0.3) is 5.69 Å². The highest BCUT2D eigenvalue weighted by atomic mass is 35.5. The highest BCUT2D eigenvalue weighted by Crippen LogP contribution is 2.26. The van der Waals surface area contributed by atoms with Crippen molar-refractivity contribution in [3.63, 3.8) is 0 Å². The number of halogens is 1. The molecule has 7 heteroatoms.